The van der Waals surface area contributed by atoms with Gasteiger partial charge in [-0.3, -0.25) is 0 Å². The molecule has 2 aromatic heterocycles. The molecular formula is C18H11NO3S. The smallest absolute Gasteiger partial charge is 0.345 e. The van der Waals surface area contributed by atoms with Gasteiger partial charge in [0.05, 0.1) is 16.8 Å². The molecule has 0 aliphatic rings. The molecule has 2 heterocycles. The van der Waals surface area contributed by atoms with Crippen LogP contribution in [0.25, 0.3) is 32.8 Å². The minimum absolute atomic E-state index is 0.166. The highest BCUT2D eigenvalue weighted by atomic mass is 32.1. The fourth-order valence-corrected chi connectivity index (χ4v) is 3.27. The van der Waals surface area contributed by atoms with Gasteiger partial charge in [0.15, 0.2) is 0 Å². The lowest BCUT2D eigenvalue weighted by Gasteiger charge is -2.00. The van der Waals surface area contributed by atoms with Crippen molar-refractivity contribution in [3.8, 4) is 27.6 Å². The first-order valence-corrected chi connectivity index (χ1v) is 7.87. The summed E-state index contributed by atoms with van der Waals surface area (Å²) in [4.78, 5) is 16.7. The van der Waals surface area contributed by atoms with Crippen LogP contribution in [0, 0.1) is 0 Å². The molecule has 112 valence electrons. The number of nitrogens with zero attached hydrogens (tertiary/aromatic N) is 1. The molecule has 4 rings (SSSR count). The Balaban J connectivity index is 1.85. The molecule has 0 radical (unpaired) electrons. The van der Waals surface area contributed by atoms with Crippen molar-refractivity contribution < 1.29 is 9.52 Å². The second kappa shape index (κ2) is 5.37. The van der Waals surface area contributed by atoms with Crippen LogP contribution in [0.1, 0.15) is 0 Å². The number of aromatic hydroxyl groups is 1. The predicted molar refractivity (Wildman–Crippen MR) is 90.7 cm³/mol. The van der Waals surface area contributed by atoms with Crippen LogP contribution in [0.3, 0.4) is 0 Å². The number of aromatic nitrogens is 1. The Morgan fingerprint density at radius 1 is 1.00 bits per heavy atom. The highest BCUT2D eigenvalue weighted by molar-refractivity contribution is 7.13. The molecule has 4 aromatic rings. The monoisotopic (exact) mass is 321 g/mol. The largest absolute Gasteiger partial charge is 0.507 e. The van der Waals surface area contributed by atoms with E-state index in [0.717, 1.165) is 5.39 Å². The number of benzene rings is 2. The second-order valence-corrected chi connectivity index (χ2v) is 5.90. The molecular weight excluding hydrogens is 310 g/mol. The third-order valence-corrected chi connectivity index (χ3v) is 4.43. The van der Waals surface area contributed by atoms with Crippen LogP contribution in [-0.4, -0.2) is 10.1 Å². The maximum Gasteiger partial charge on any atom is 0.345 e. The average molecular weight is 321 g/mol. The van der Waals surface area contributed by atoms with Crippen molar-refractivity contribution in [1.29, 1.82) is 0 Å². The summed E-state index contributed by atoms with van der Waals surface area (Å²) in [6.07, 6.45) is 0. The molecule has 1 N–H and O–H groups in total. The normalized spacial score (nSPS) is 11.0. The third kappa shape index (κ3) is 2.41. The van der Waals surface area contributed by atoms with Gasteiger partial charge in [0, 0.05) is 10.8 Å². The quantitative estimate of drug-likeness (QED) is 0.559. The zero-order valence-electron chi connectivity index (χ0n) is 11.9. The summed E-state index contributed by atoms with van der Waals surface area (Å²) in [6.45, 7) is 0. The molecule has 0 amide bonds. The molecule has 4 nitrogen and oxygen atoms in total. The first-order valence-electron chi connectivity index (χ1n) is 6.99. The van der Waals surface area contributed by atoms with Gasteiger partial charge >= 0.3 is 5.63 Å². The molecule has 2 aromatic carbocycles. The van der Waals surface area contributed by atoms with Crippen molar-refractivity contribution in [2.24, 2.45) is 0 Å². The van der Waals surface area contributed by atoms with E-state index in [1.807, 2.05) is 24.3 Å². The van der Waals surface area contributed by atoms with Crippen LogP contribution in [-0.2, 0) is 0 Å². The van der Waals surface area contributed by atoms with Crippen LogP contribution in [0.15, 0.2) is 69.2 Å². The van der Waals surface area contributed by atoms with Crippen LogP contribution >= 0.6 is 11.3 Å². The van der Waals surface area contributed by atoms with Gasteiger partial charge in [-0.25, -0.2) is 9.78 Å². The molecule has 0 spiro atoms. The number of phenolic OH excluding ortho intramolecular Hbond substituents is 1. The number of para-hydroxylation sites is 2. The SMILES string of the molecule is O=c1oc2ccccc2cc1-c1csc(-c2ccccc2O)n1. The zero-order valence-corrected chi connectivity index (χ0v) is 12.7. The summed E-state index contributed by atoms with van der Waals surface area (Å²) >= 11 is 1.37. The number of phenols is 1. The average Bonchev–Trinajstić information content (AvgIpc) is 3.04. The van der Waals surface area contributed by atoms with Gasteiger partial charge in [-0.1, -0.05) is 30.3 Å². The van der Waals surface area contributed by atoms with Crippen molar-refractivity contribution in [3.63, 3.8) is 0 Å². The van der Waals surface area contributed by atoms with Crippen LogP contribution in [0.4, 0.5) is 0 Å². The molecule has 0 aliphatic heterocycles. The Labute approximate surface area is 135 Å². The first kappa shape index (κ1) is 13.7. The standard InChI is InChI=1S/C18H11NO3S/c20-15-7-3-2-6-12(15)17-19-14(10-23-17)13-9-11-5-1-4-8-16(11)22-18(13)21/h1-10,20H. The highest BCUT2D eigenvalue weighted by Crippen LogP contribution is 2.33. The summed E-state index contributed by atoms with van der Waals surface area (Å²) in [5.41, 5.74) is 1.75. The van der Waals surface area contributed by atoms with Crippen LogP contribution in [0.2, 0.25) is 0 Å². The minimum Gasteiger partial charge on any atom is -0.507 e. The van der Waals surface area contributed by atoms with Crippen molar-refractivity contribution in [2.45, 2.75) is 0 Å². The van der Waals surface area contributed by atoms with E-state index < -0.39 is 5.63 Å². The summed E-state index contributed by atoms with van der Waals surface area (Å²) < 4.78 is 5.35. The van der Waals surface area contributed by atoms with Gasteiger partial charge in [-0.2, -0.15) is 0 Å². The number of rotatable bonds is 2. The Hall–Kier alpha value is -2.92. The lowest BCUT2D eigenvalue weighted by molar-refractivity contribution is 0.477. The second-order valence-electron chi connectivity index (χ2n) is 5.04. The lowest BCUT2D eigenvalue weighted by Crippen LogP contribution is -2.02. The number of hydrogen-bond donors (Lipinski definition) is 1. The van der Waals surface area contributed by atoms with Gasteiger partial charge in [0.1, 0.15) is 16.3 Å². The topological polar surface area (TPSA) is 63.3 Å². The van der Waals surface area contributed by atoms with Gasteiger partial charge in [0.25, 0.3) is 0 Å². The molecule has 0 aliphatic carbocycles. The summed E-state index contributed by atoms with van der Waals surface area (Å²) in [6, 6.07) is 16.1. The fraction of sp³-hybridized carbons (Fsp3) is 0. The molecule has 5 heteroatoms. The fourth-order valence-electron chi connectivity index (χ4n) is 2.42. The van der Waals surface area contributed by atoms with E-state index in [-0.39, 0.29) is 5.75 Å². The van der Waals surface area contributed by atoms with Gasteiger partial charge in [-0.05, 0) is 24.3 Å². The van der Waals surface area contributed by atoms with E-state index in [9.17, 15) is 9.90 Å². The number of hydrogen-bond acceptors (Lipinski definition) is 5. The van der Waals surface area contributed by atoms with Crippen molar-refractivity contribution in [1.82, 2.24) is 4.98 Å². The van der Waals surface area contributed by atoms with Crippen molar-refractivity contribution in [3.05, 3.63) is 70.4 Å². The van der Waals surface area contributed by atoms with E-state index >= 15 is 0 Å². The highest BCUT2D eigenvalue weighted by Gasteiger charge is 2.13. The maximum absolute atomic E-state index is 12.2. The molecule has 0 saturated heterocycles. The molecule has 0 fully saturated rings. The van der Waals surface area contributed by atoms with Gasteiger partial charge in [-0.15, -0.1) is 11.3 Å². The zero-order chi connectivity index (χ0) is 15.8. The summed E-state index contributed by atoms with van der Waals surface area (Å²) in [5, 5.41) is 13.2. The van der Waals surface area contributed by atoms with Crippen molar-refractivity contribution >= 4 is 22.3 Å². The Kier molecular flexibility index (Phi) is 3.20. The van der Waals surface area contributed by atoms with Gasteiger partial charge < -0.3 is 9.52 Å². The van der Waals surface area contributed by atoms with E-state index in [0.29, 0.717) is 27.4 Å². The summed E-state index contributed by atoms with van der Waals surface area (Å²) in [7, 11) is 0. The molecule has 23 heavy (non-hydrogen) atoms. The maximum atomic E-state index is 12.2. The first-order chi connectivity index (χ1) is 11.2. The Bertz CT molecular complexity index is 1070. The van der Waals surface area contributed by atoms with E-state index in [4.69, 9.17) is 4.42 Å². The Morgan fingerprint density at radius 2 is 1.78 bits per heavy atom. The molecule has 0 bridgehead atoms. The summed E-state index contributed by atoms with van der Waals surface area (Å²) in [5.74, 6) is 0.166. The van der Waals surface area contributed by atoms with E-state index in [1.165, 1.54) is 11.3 Å². The minimum atomic E-state index is -0.419. The third-order valence-electron chi connectivity index (χ3n) is 3.56. The number of thiazole rings is 1. The number of fused-ring (bicyclic) bond motifs is 1. The van der Waals surface area contributed by atoms with Crippen LogP contribution < -0.4 is 5.63 Å². The molecule has 0 unspecified atom stereocenters. The molecule has 0 atom stereocenters. The Morgan fingerprint density at radius 3 is 2.65 bits per heavy atom. The lowest BCUT2D eigenvalue weighted by atomic mass is 10.1. The van der Waals surface area contributed by atoms with Crippen molar-refractivity contribution in [2.75, 3.05) is 0 Å². The van der Waals surface area contributed by atoms with E-state index in [1.54, 1.807) is 35.7 Å². The predicted octanol–water partition coefficient (Wildman–Crippen LogP) is 4.29. The molecule has 0 saturated carbocycles. The van der Waals surface area contributed by atoms with E-state index in [2.05, 4.69) is 4.98 Å². The van der Waals surface area contributed by atoms with Gasteiger partial charge in [0.2, 0.25) is 0 Å². The van der Waals surface area contributed by atoms with Crippen LogP contribution in [0.5, 0.6) is 5.75 Å².